The SMILES string of the molecule is Nc1onc(-c2cc(Br)cc(Br)c2)c1-c1ccccc1Cl. The molecule has 0 saturated carbocycles. The van der Waals surface area contributed by atoms with Crippen LogP contribution >= 0.6 is 43.5 Å². The van der Waals surface area contributed by atoms with Crippen molar-refractivity contribution in [1.82, 2.24) is 5.16 Å². The van der Waals surface area contributed by atoms with Crippen LogP contribution in [0.4, 0.5) is 5.88 Å². The first-order chi connectivity index (χ1) is 10.1. The molecule has 21 heavy (non-hydrogen) atoms. The van der Waals surface area contributed by atoms with Crippen LogP contribution in [0.25, 0.3) is 22.4 Å². The molecule has 0 aliphatic heterocycles. The Morgan fingerprint density at radius 3 is 2.38 bits per heavy atom. The maximum absolute atomic E-state index is 6.27. The summed E-state index contributed by atoms with van der Waals surface area (Å²) in [6.45, 7) is 0. The van der Waals surface area contributed by atoms with Crippen LogP contribution in [0.3, 0.4) is 0 Å². The molecule has 0 unspecified atom stereocenters. The minimum Gasteiger partial charge on any atom is -0.367 e. The van der Waals surface area contributed by atoms with Gasteiger partial charge >= 0.3 is 0 Å². The quantitative estimate of drug-likeness (QED) is 0.564. The number of nitrogens with zero attached hydrogens (tertiary/aromatic N) is 1. The third kappa shape index (κ3) is 2.86. The van der Waals surface area contributed by atoms with E-state index < -0.39 is 0 Å². The first kappa shape index (κ1) is 14.6. The summed E-state index contributed by atoms with van der Waals surface area (Å²) in [5.74, 6) is 0.245. The summed E-state index contributed by atoms with van der Waals surface area (Å²) in [7, 11) is 0. The molecule has 1 heterocycles. The first-order valence-corrected chi connectivity index (χ1v) is 7.99. The molecule has 3 rings (SSSR count). The number of hydrogen-bond donors (Lipinski definition) is 1. The van der Waals surface area contributed by atoms with Gasteiger partial charge in [0.05, 0.1) is 5.56 Å². The van der Waals surface area contributed by atoms with Gasteiger partial charge in [-0.3, -0.25) is 0 Å². The van der Waals surface area contributed by atoms with E-state index in [4.69, 9.17) is 21.9 Å². The van der Waals surface area contributed by atoms with Crippen molar-refractivity contribution in [3.63, 3.8) is 0 Å². The van der Waals surface area contributed by atoms with E-state index >= 15 is 0 Å². The predicted molar refractivity (Wildman–Crippen MR) is 92.2 cm³/mol. The van der Waals surface area contributed by atoms with Gasteiger partial charge in [-0.1, -0.05) is 66.8 Å². The second-order valence-corrected chi connectivity index (χ2v) is 6.65. The summed E-state index contributed by atoms with van der Waals surface area (Å²) in [5.41, 5.74) is 8.98. The number of nitrogens with two attached hydrogens (primary N) is 1. The van der Waals surface area contributed by atoms with Crippen LogP contribution in [0, 0.1) is 0 Å². The molecular formula is C15H9Br2ClN2O. The van der Waals surface area contributed by atoms with Crippen LogP contribution in [0.2, 0.25) is 5.02 Å². The average molecular weight is 429 g/mol. The highest BCUT2D eigenvalue weighted by molar-refractivity contribution is 9.11. The molecule has 0 aliphatic rings. The number of hydrogen-bond acceptors (Lipinski definition) is 3. The Morgan fingerprint density at radius 1 is 1.05 bits per heavy atom. The molecule has 3 aromatic rings. The molecule has 3 nitrogen and oxygen atoms in total. The van der Waals surface area contributed by atoms with Gasteiger partial charge in [-0.05, 0) is 24.3 Å². The van der Waals surface area contributed by atoms with E-state index in [0.717, 1.165) is 20.1 Å². The largest absolute Gasteiger partial charge is 0.367 e. The third-order valence-electron chi connectivity index (χ3n) is 3.00. The zero-order valence-electron chi connectivity index (χ0n) is 10.6. The highest BCUT2D eigenvalue weighted by atomic mass is 79.9. The molecule has 1 aromatic heterocycles. The number of anilines is 1. The molecule has 0 atom stereocenters. The molecule has 2 aromatic carbocycles. The summed E-state index contributed by atoms with van der Waals surface area (Å²) in [4.78, 5) is 0. The fraction of sp³-hybridized carbons (Fsp3) is 0. The number of rotatable bonds is 2. The summed E-state index contributed by atoms with van der Waals surface area (Å²) in [6.07, 6.45) is 0. The lowest BCUT2D eigenvalue weighted by Gasteiger charge is -2.06. The van der Waals surface area contributed by atoms with Crippen LogP contribution in [-0.2, 0) is 0 Å². The fourth-order valence-corrected chi connectivity index (χ4v) is 3.64. The summed E-state index contributed by atoms with van der Waals surface area (Å²) in [6, 6.07) is 13.3. The summed E-state index contributed by atoms with van der Waals surface area (Å²) >= 11 is 13.2. The number of halogens is 3. The standard InChI is InChI=1S/C15H9Br2ClN2O/c16-9-5-8(6-10(17)7-9)14-13(15(19)21-20-14)11-3-1-2-4-12(11)18/h1-7H,19H2. The molecule has 0 fully saturated rings. The van der Waals surface area contributed by atoms with Crippen molar-refractivity contribution in [2.24, 2.45) is 0 Å². The molecule has 6 heteroatoms. The molecular weight excluding hydrogens is 419 g/mol. The molecule has 0 amide bonds. The van der Waals surface area contributed by atoms with E-state index in [1.54, 1.807) is 0 Å². The van der Waals surface area contributed by atoms with Crippen LogP contribution in [-0.4, -0.2) is 5.16 Å². The molecule has 0 aliphatic carbocycles. The maximum Gasteiger partial charge on any atom is 0.230 e. The van der Waals surface area contributed by atoms with Gasteiger partial charge in [-0.25, -0.2) is 0 Å². The monoisotopic (exact) mass is 426 g/mol. The fourth-order valence-electron chi connectivity index (χ4n) is 2.11. The smallest absolute Gasteiger partial charge is 0.230 e. The van der Waals surface area contributed by atoms with Crippen molar-refractivity contribution in [3.05, 3.63) is 56.4 Å². The van der Waals surface area contributed by atoms with Gasteiger partial charge in [0, 0.05) is 25.1 Å². The van der Waals surface area contributed by atoms with Crippen molar-refractivity contribution in [2.45, 2.75) is 0 Å². The molecule has 0 bridgehead atoms. The highest BCUT2D eigenvalue weighted by Gasteiger charge is 2.19. The van der Waals surface area contributed by atoms with Gasteiger partial charge in [0.2, 0.25) is 5.88 Å². The van der Waals surface area contributed by atoms with Gasteiger partial charge in [0.1, 0.15) is 5.69 Å². The maximum atomic E-state index is 6.27. The average Bonchev–Trinajstić information content (AvgIpc) is 2.80. The second kappa shape index (κ2) is 5.83. The number of nitrogen functional groups attached to an aromatic ring is 1. The normalized spacial score (nSPS) is 10.8. The Morgan fingerprint density at radius 2 is 1.71 bits per heavy atom. The molecule has 0 radical (unpaired) electrons. The van der Waals surface area contributed by atoms with Crippen molar-refractivity contribution >= 4 is 49.3 Å². The number of aromatic nitrogens is 1. The third-order valence-corrected chi connectivity index (χ3v) is 4.24. The molecule has 106 valence electrons. The first-order valence-electron chi connectivity index (χ1n) is 6.03. The van der Waals surface area contributed by atoms with Crippen molar-refractivity contribution in [2.75, 3.05) is 5.73 Å². The lowest BCUT2D eigenvalue weighted by atomic mass is 10.0. The summed E-state index contributed by atoms with van der Waals surface area (Å²) < 4.78 is 7.04. The Labute approximate surface area is 143 Å². The zero-order valence-corrected chi connectivity index (χ0v) is 14.5. The zero-order chi connectivity index (χ0) is 15.0. The van der Waals surface area contributed by atoms with Gasteiger partial charge in [0.25, 0.3) is 0 Å². The summed E-state index contributed by atoms with van der Waals surface area (Å²) in [5, 5.41) is 4.69. The van der Waals surface area contributed by atoms with E-state index in [1.807, 2.05) is 42.5 Å². The molecule has 0 saturated heterocycles. The van der Waals surface area contributed by atoms with Crippen molar-refractivity contribution in [1.29, 1.82) is 0 Å². The lowest BCUT2D eigenvalue weighted by Crippen LogP contribution is -1.89. The Balaban J connectivity index is 2.24. The van der Waals surface area contributed by atoms with Gasteiger partial charge in [-0.15, -0.1) is 0 Å². The topological polar surface area (TPSA) is 52.0 Å². The number of benzene rings is 2. The van der Waals surface area contributed by atoms with Crippen molar-refractivity contribution < 1.29 is 4.52 Å². The highest BCUT2D eigenvalue weighted by Crippen LogP contribution is 2.40. The Hall–Kier alpha value is -1.30. The van der Waals surface area contributed by atoms with E-state index in [9.17, 15) is 0 Å². The van der Waals surface area contributed by atoms with Gasteiger partial charge < -0.3 is 10.3 Å². The Kier molecular flexibility index (Phi) is 4.06. The van der Waals surface area contributed by atoms with Gasteiger partial charge in [-0.2, -0.15) is 0 Å². The molecule has 0 spiro atoms. The Bertz CT molecular complexity index is 797. The van der Waals surface area contributed by atoms with E-state index in [1.165, 1.54) is 0 Å². The van der Waals surface area contributed by atoms with E-state index in [2.05, 4.69) is 37.0 Å². The van der Waals surface area contributed by atoms with E-state index in [-0.39, 0.29) is 5.88 Å². The molecule has 2 N–H and O–H groups in total. The lowest BCUT2D eigenvalue weighted by molar-refractivity contribution is 0.439. The van der Waals surface area contributed by atoms with Crippen LogP contribution < -0.4 is 5.73 Å². The van der Waals surface area contributed by atoms with Crippen LogP contribution in [0.15, 0.2) is 55.9 Å². The van der Waals surface area contributed by atoms with Crippen molar-refractivity contribution in [3.8, 4) is 22.4 Å². The minimum absolute atomic E-state index is 0.245. The van der Waals surface area contributed by atoms with Crippen LogP contribution in [0.5, 0.6) is 0 Å². The van der Waals surface area contributed by atoms with Crippen LogP contribution in [0.1, 0.15) is 0 Å². The predicted octanol–water partition coefficient (Wildman–Crippen LogP) is 5.77. The van der Waals surface area contributed by atoms with E-state index in [0.29, 0.717) is 16.3 Å². The van der Waals surface area contributed by atoms with Gasteiger partial charge in [0.15, 0.2) is 0 Å². The second-order valence-electron chi connectivity index (χ2n) is 4.41. The minimum atomic E-state index is 0.245.